The molecule has 116 valence electrons. The minimum Gasteiger partial charge on any atom is -0.457 e. The quantitative estimate of drug-likeness (QED) is 0.819. The Bertz CT molecular complexity index is 461. The summed E-state index contributed by atoms with van der Waals surface area (Å²) in [5, 5.41) is 2.99. The molecule has 1 atom stereocenters. The molecule has 0 unspecified atom stereocenters. The van der Waals surface area contributed by atoms with Gasteiger partial charge in [-0.15, -0.1) is 0 Å². The van der Waals surface area contributed by atoms with Gasteiger partial charge in [0, 0.05) is 6.04 Å². The molecule has 1 fully saturated rings. The van der Waals surface area contributed by atoms with Crippen molar-refractivity contribution in [2.24, 2.45) is 5.92 Å². The summed E-state index contributed by atoms with van der Waals surface area (Å²) in [6.45, 7) is 3.99. The third-order valence-corrected chi connectivity index (χ3v) is 3.65. The molecular formula is C16H23NO4. The lowest BCUT2D eigenvalue weighted by Crippen LogP contribution is -2.42. The van der Waals surface area contributed by atoms with Gasteiger partial charge >= 0.3 is 5.97 Å². The van der Waals surface area contributed by atoms with Gasteiger partial charge in [0.2, 0.25) is 5.76 Å². The second kappa shape index (κ2) is 7.29. The van der Waals surface area contributed by atoms with Gasteiger partial charge in [-0.1, -0.05) is 26.7 Å². The Hall–Kier alpha value is -1.78. The number of nitrogens with one attached hydrogen (secondary N) is 1. The smallest absolute Gasteiger partial charge is 0.374 e. The standard InChI is InChI=1S/C16H23NO4/c1-11(2)10-14(15(18)17-12-6-3-4-7-12)21-16(19)13-8-5-9-20-13/h5,8-9,11-12,14H,3-4,6-7,10H2,1-2H3,(H,17,18)/t14-/m0/s1. The molecule has 0 saturated heterocycles. The molecule has 0 aromatic carbocycles. The maximum Gasteiger partial charge on any atom is 0.374 e. The predicted octanol–water partition coefficient (Wildman–Crippen LogP) is 2.91. The van der Waals surface area contributed by atoms with Gasteiger partial charge in [0.1, 0.15) is 0 Å². The van der Waals surface area contributed by atoms with Crippen LogP contribution in [-0.2, 0) is 9.53 Å². The lowest BCUT2D eigenvalue weighted by Gasteiger charge is -2.21. The highest BCUT2D eigenvalue weighted by atomic mass is 16.6. The Balaban J connectivity index is 1.95. The van der Waals surface area contributed by atoms with Crippen LogP contribution in [0.15, 0.2) is 22.8 Å². The second-order valence-electron chi connectivity index (χ2n) is 5.99. The maximum absolute atomic E-state index is 12.3. The Morgan fingerprint density at radius 2 is 2.10 bits per heavy atom. The molecule has 1 saturated carbocycles. The van der Waals surface area contributed by atoms with E-state index in [1.807, 2.05) is 13.8 Å². The molecule has 0 bridgehead atoms. The monoisotopic (exact) mass is 293 g/mol. The van der Waals surface area contributed by atoms with Crippen molar-refractivity contribution in [1.82, 2.24) is 5.32 Å². The van der Waals surface area contributed by atoms with Gasteiger partial charge in [0.15, 0.2) is 6.10 Å². The van der Waals surface area contributed by atoms with Crippen LogP contribution in [0.1, 0.15) is 56.5 Å². The zero-order chi connectivity index (χ0) is 15.2. The van der Waals surface area contributed by atoms with Gasteiger partial charge in [-0.3, -0.25) is 4.79 Å². The first kappa shape index (κ1) is 15.6. The minimum atomic E-state index is -0.761. The molecule has 1 aromatic rings. The molecule has 2 rings (SSSR count). The summed E-state index contributed by atoms with van der Waals surface area (Å²) in [7, 11) is 0. The van der Waals surface area contributed by atoms with E-state index in [4.69, 9.17) is 9.15 Å². The lowest BCUT2D eigenvalue weighted by molar-refractivity contribution is -0.131. The van der Waals surface area contributed by atoms with E-state index < -0.39 is 12.1 Å². The van der Waals surface area contributed by atoms with Gasteiger partial charge in [0.25, 0.3) is 5.91 Å². The molecule has 0 radical (unpaired) electrons. The second-order valence-corrected chi connectivity index (χ2v) is 5.99. The number of hydrogen-bond donors (Lipinski definition) is 1. The molecule has 1 amide bonds. The van der Waals surface area contributed by atoms with Crippen LogP contribution in [0.3, 0.4) is 0 Å². The molecule has 1 aliphatic carbocycles. The van der Waals surface area contributed by atoms with E-state index in [2.05, 4.69) is 5.32 Å². The molecule has 5 nitrogen and oxygen atoms in total. The van der Waals surface area contributed by atoms with Crippen LogP contribution < -0.4 is 5.32 Å². The van der Waals surface area contributed by atoms with Crippen LogP contribution in [0, 0.1) is 5.92 Å². The van der Waals surface area contributed by atoms with Crippen molar-refractivity contribution in [2.75, 3.05) is 0 Å². The summed E-state index contributed by atoms with van der Waals surface area (Å²) in [6.07, 6.45) is 5.46. The Labute approximate surface area is 125 Å². The molecule has 0 aliphatic heterocycles. The summed E-state index contributed by atoms with van der Waals surface area (Å²) in [6, 6.07) is 3.37. The van der Waals surface area contributed by atoms with Crippen LogP contribution in [-0.4, -0.2) is 24.0 Å². The van der Waals surface area contributed by atoms with Gasteiger partial charge < -0.3 is 14.5 Å². The number of amides is 1. The summed E-state index contributed by atoms with van der Waals surface area (Å²) in [4.78, 5) is 24.3. The molecule has 5 heteroatoms. The maximum atomic E-state index is 12.3. The molecular weight excluding hydrogens is 270 g/mol. The number of carbonyl (C=O) groups excluding carboxylic acids is 2. The molecule has 0 spiro atoms. The number of furan rings is 1. The SMILES string of the molecule is CC(C)C[C@H](OC(=O)c1ccco1)C(=O)NC1CCCC1. The summed E-state index contributed by atoms with van der Waals surface area (Å²) in [5.41, 5.74) is 0. The molecule has 1 heterocycles. The van der Waals surface area contributed by atoms with E-state index in [1.54, 1.807) is 6.07 Å². The Morgan fingerprint density at radius 3 is 2.67 bits per heavy atom. The zero-order valence-corrected chi connectivity index (χ0v) is 12.6. The largest absolute Gasteiger partial charge is 0.457 e. The van der Waals surface area contributed by atoms with Crippen molar-refractivity contribution >= 4 is 11.9 Å². The number of rotatable bonds is 6. The van der Waals surface area contributed by atoms with Crippen molar-refractivity contribution in [3.8, 4) is 0 Å². The predicted molar refractivity (Wildman–Crippen MR) is 77.8 cm³/mol. The van der Waals surface area contributed by atoms with Gasteiger partial charge in [0.05, 0.1) is 6.26 Å². The fraction of sp³-hybridized carbons (Fsp3) is 0.625. The van der Waals surface area contributed by atoms with Gasteiger partial charge in [-0.25, -0.2) is 4.79 Å². The number of esters is 1. The van der Waals surface area contributed by atoms with E-state index in [-0.39, 0.29) is 23.6 Å². The van der Waals surface area contributed by atoms with Crippen LogP contribution in [0.4, 0.5) is 0 Å². The van der Waals surface area contributed by atoms with Crippen molar-refractivity contribution in [3.05, 3.63) is 24.2 Å². The van der Waals surface area contributed by atoms with Crippen molar-refractivity contribution < 1.29 is 18.7 Å². The normalized spacial score (nSPS) is 16.9. The third kappa shape index (κ3) is 4.62. The van der Waals surface area contributed by atoms with Crippen molar-refractivity contribution in [1.29, 1.82) is 0 Å². The number of hydrogen-bond acceptors (Lipinski definition) is 4. The number of ether oxygens (including phenoxy) is 1. The third-order valence-electron chi connectivity index (χ3n) is 3.65. The molecule has 1 N–H and O–H groups in total. The van der Waals surface area contributed by atoms with Gasteiger partial charge in [-0.2, -0.15) is 0 Å². The van der Waals surface area contributed by atoms with Crippen molar-refractivity contribution in [2.45, 2.75) is 58.1 Å². The van der Waals surface area contributed by atoms with Crippen LogP contribution in [0.5, 0.6) is 0 Å². The average molecular weight is 293 g/mol. The topological polar surface area (TPSA) is 68.5 Å². The number of carbonyl (C=O) groups is 2. The van der Waals surface area contributed by atoms with Crippen LogP contribution in [0.25, 0.3) is 0 Å². The Kier molecular flexibility index (Phi) is 5.42. The highest BCUT2D eigenvalue weighted by Gasteiger charge is 2.28. The van der Waals surface area contributed by atoms with E-state index in [0.29, 0.717) is 6.42 Å². The van der Waals surface area contributed by atoms with E-state index in [1.165, 1.54) is 12.3 Å². The lowest BCUT2D eigenvalue weighted by atomic mass is 10.0. The fourth-order valence-corrected chi connectivity index (χ4v) is 2.58. The average Bonchev–Trinajstić information content (AvgIpc) is 3.10. The van der Waals surface area contributed by atoms with Crippen LogP contribution >= 0.6 is 0 Å². The van der Waals surface area contributed by atoms with Crippen LogP contribution in [0.2, 0.25) is 0 Å². The summed E-state index contributed by atoms with van der Waals surface area (Å²) in [5.74, 6) is -0.408. The minimum absolute atomic E-state index is 0.123. The first-order valence-corrected chi connectivity index (χ1v) is 7.61. The zero-order valence-electron chi connectivity index (χ0n) is 12.6. The summed E-state index contributed by atoms with van der Waals surface area (Å²) < 4.78 is 10.3. The molecule has 1 aromatic heterocycles. The molecule has 21 heavy (non-hydrogen) atoms. The summed E-state index contributed by atoms with van der Waals surface area (Å²) >= 11 is 0. The fourth-order valence-electron chi connectivity index (χ4n) is 2.58. The first-order valence-electron chi connectivity index (χ1n) is 7.61. The molecule has 1 aliphatic rings. The van der Waals surface area contributed by atoms with Gasteiger partial charge in [-0.05, 0) is 37.3 Å². The highest BCUT2D eigenvalue weighted by Crippen LogP contribution is 2.19. The first-order chi connectivity index (χ1) is 10.1. The van der Waals surface area contributed by atoms with E-state index in [0.717, 1.165) is 25.7 Å². The van der Waals surface area contributed by atoms with E-state index in [9.17, 15) is 9.59 Å². The highest BCUT2D eigenvalue weighted by molar-refractivity contribution is 5.90. The Morgan fingerprint density at radius 1 is 1.38 bits per heavy atom. The van der Waals surface area contributed by atoms with Crippen molar-refractivity contribution in [3.63, 3.8) is 0 Å². The van der Waals surface area contributed by atoms with E-state index >= 15 is 0 Å².